The third-order valence-corrected chi connectivity index (χ3v) is 4.54. The van der Waals surface area contributed by atoms with Crippen molar-refractivity contribution >= 4 is 5.57 Å². The number of nitrogens with zero attached hydrogens (tertiary/aromatic N) is 4. The molecule has 2 aromatic carbocycles. The van der Waals surface area contributed by atoms with Gasteiger partial charge < -0.3 is 4.90 Å². The van der Waals surface area contributed by atoms with Crippen LogP contribution in [-0.4, -0.2) is 32.9 Å². The van der Waals surface area contributed by atoms with Crippen LogP contribution < -0.4 is 10.6 Å². The summed E-state index contributed by atoms with van der Waals surface area (Å²) in [7, 11) is 0. The molecule has 2 heterocycles. The van der Waals surface area contributed by atoms with Gasteiger partial charge in [-0.25, -0.2) is 4.79 Å². The number of nitrogens with one attached hydrogen (secondary N) is 1. The molecule has 0 amide bonds. The van der Waals surface area contributed by atoms with Crippen molar-refractivity contribution in [1.29, 1.82) is 0 Å². The number of tetrazole rings is 1. The van der Waals surface area contributed by atoms with E-state index >= 15 is 0 Å². The van der Waals surface area contributed by atoms with E-state index in [0.717, 1.165) is 25.2 Å². The Balaban J connectivity index is 1.47. The lowest BCUT2D eigenvalue weighted by Crippen LogP contribution is -3.12. The maximum atomic E-state index is 12.5. The van der Waals surface area contributed by atoms with E-state index in [9.17, 15) is 4.79 Å². The number of quaternary nitrogens is 1. The fourth-order valence-electron chi connectivity index (χ4n) is 3.16. The second-order valence-electron chi connectivity index (χ2n) is 6.22. The summed E-state index contributed by atoms with van der Waals surface area (Å²) in [5, 5.41) is 8.04. The smallest absolute Gasteiger partial charge is 0.313 e. The number of hydrogen-bond donors (Lipinski definition) is 1. The van der Waals surface area contributed by atoms with Crippen molar-refractivity contribution in [2.24, 2.45) is 0 Å². The lowest BCUT2D eigenvalue weighted by molar-refractivity contribution is -0.918. The fraction of sp³-hybridized carbons (Fsp3) is 0.211. The van der Waals surface area contributed by atoms with Gasteiger partial charge in [0.2, 0.25) is 0 Å². The Morgan fingerprint density at radius 2 is 1.68 bits per heavy atom. The molecule has 0 fully saturated rings. The van der Waals surface area contributed by atoms with Gasteiger partial charge in [0.25, 0.3) is 0 Å². The van der Waals surface area contributed by atoms with E-state index in [0.29, 0.717) is 6.67 Å². The molecular formula is C19H20N5O+. The summed E-state index contributed by atoms with van der Waals surface area (Å²) in [6.45, 7) is 2.39. The normalized spacial score (nSPS) is 17.3. The molecule has 0 saturated carbocycles. The minimum atomic E-state index is -0.198. The second-order valence-corrected chi connectivity index (χ2v) is 6.22. The largest absolute Gasteiger partial charge is 0.373 e. The predicted octanol–water partition coefficient (Wildman–Crippen LogP) is 0.759. The summed E-state index contributed by atoms with van der Waals surface area (Å²) in [6.07, 6.45) is 3.27. The van der Waals surface area contributed by atoms with Crippen molar-refractivity contribution in [3.8, 4) is 5.69 Å². The van der Waals surface area contributed by atoms with E-state index in [-0.39, 0.29) is 5.69 Å². The first-order valence-corrected chi connectivity index (χ1v) is 8.47. The maximum Gasteiger partial charge on any atom is 0.373 e. The van der Waals surface area contributed by atoms with Crippen LogP contribution in [0.4, 0.5) is 0 Å². The zero-order valence-electron chi connectivity index (χ0n) is 13.9. The molecule has 0 radical (unpaired) electrons. The van der Waals surface area contributed by atoms with Crippen LogP contribution >= 0.6 is 0 Å². The van der Waals surface area contributed by atoms with Crippen LogP contribution in [0, 0.1) is 0 Å². The molecule has 1 aromatic heterocycles. The van der Waals surface area contributed by atoms with Gasteiger partial charge in [-0.2, -0.15) is 4.68 Å². The molecule has 0 spiro atoms. The van der Waals surface area contributed by atoms with E-state index in [1.54, 1.807) is 0 Å². The summed E-state index contributed by atoms with van der Waals surface area (Å²) in [5.74, 6) is 0. The number of para-hydroxylation sites is 1. The molecule has 1 atom stereocenters. The van der Waals surface area contributed by atoms with Gasteiger partial charge in [0.15, 0.2) is 6.67 Å². The first kappa shape index (κ1) is 15.5. The molecule has 4 rings (SSSR count). The summed E-state index contributed by atoms with van der Waals surface area (Å²) < 4.78 is 2.79. The van der Waals surface area contributed by atoms with Gasteiger partial charge in [-0.05, 0) is 39.8 Å². The Kier molecular flexibility index (Phi) is 4.26. The van der Waals surface area contributed by atoms with Crippen molar-refractivity contribution < 1.29 is 4.90 Å². The minimum absolute atomic E-state index is 0.198. The average Bonchev–Trinajstić information content (AvgIpc) is 3.04. The third kappa shape index (κ3) is 3.29. The molecule has 6 nitrogen and oxygen atoms in total. The lowest BCUT2D eigenvalue weighted by atomic mass is 10.00. The Morgan fingerprint density at radius 1 is 0.960 bits per heavy atom. The Labute approximate surface area is 145 Å². The summed E-state index contributed by atoms with van der Waals surface area (Å²) in [4.78, 5) is 13.8. The zero-order chi connectivity index (χ0) is 17.1. The Bertz CT molecular complexity index is 927. The minimum Gasteiger partial charge on any atom is -0.313 e. The van der Waals surface area contributed by atoms with Gasteiger partial charge in [0, 0.05) is 6.42 Å². The standard InChI is InChI=1S/C19H19N5O/c25-19-23(20-21-24(19)18-9-5-2-6-10-18)15-22-13-11-17(12-14-22)16-7-3-1-4-8-16/h1-11H,12-15H2/p+1. The monoisotopic (exact) mass is 334 g/mol. The van der Waals surface area contributed by atoms with Crippen LogP contribution in [-0.2, 0) is 6.67 Å². The molecule has 0 bridgehead atoms. The van der Waals surface area contributed by atoms with Crippen molar-refractivity contribution in [2.45, 2.75) is 13.1 Å². The fourth-order valence-corrected chi connectivity index (χ4v) is 3.16. The van der Waals surface area contributed by atoms with Gasteiger partial charge in [-0.15, -0.1) is 4.68 Å². The van der Waals surface area contributed by atoms with Gasteiger partial charge in [-0.1, -0.05) is 48.5 Å². The van der Waals surface area contributed by atoms with Crippen molar-refractivity contribution in [3.63, 3.8) is 0 Å². The van der Waals surface area contributed by atoms with E-state index < -0.39 is 0 Å². The summed E-state index contributed by atoms with van der Waals surface area (Å²) in [5.41, 5.74) is 3.20. The quantitative estimate of drug-likeness (QED) is 0.766. The van der Waals surface area contributed by atoms with Crippen molar-refractivity contribution in [2.75, 3.05) is 13.1 Å². The molecule has 1 unspecified atom stereocenters. The second kappa shape index (κ2) is 6.86. The molecule has 1 aliphatic rings. The van der Waals surface area contributed by atoms with Crippen LogP contribution in [0.3, 0.4) is 0 Å². The summed E-state index contributed by atoms with van der Waals surface area (Å²) >= 11 is 0. The molecule has 25 heavy (non-hydrogen) atoms. The molecule has 1 aliphatic heterocycles. The molecule has 3 aromatic rings. The van der Waals surface area contributed by atoms with Gasteiger partial charge in [0.05, 0.1) is 18.8 Å². The van der Waals surface area contributed by atoms with Crippen LogP contribution in [0.2, 0.25) is 0 Å². The van der Waals surface area contributed by atoms with Crippen molar-refractivity contribution in [3.05, 3.63) is 82.8 Å². The highest BCUT2D eigenvalue weighted by atomic mass is 16.2. The van der Waals surface area contributed by atoms with Crippen LogP contribution in [0.5, 0.6) is 0 Å². The molecule has 126 valence electrons. The highest BCUT2D eigenvalue weighted by molar-refractivity contribution is 5.65. The van der Waals surface area contributed by atoms with E-state index in [4.69, 9.17) is 0 Å². The number of aromatic nitrogens is 4. The molecule has 0 saturated heterocycles. The predicted molar refractivity (Wildman–Crippen MR) is 95.4 cm³/mol. The SMILES string of the molecule is O=c1n(C[NH+]2CC=C(c3ccccc3)CC2)nnn1-c1ccccc1. The van der Waals surface area contributed by atoms with Gasteiger partial charge in [0.1, 0.15) is 0 Å². The van der Waals surface area contributed by atoms with Crippen LogP contribution in [0.15, 0.2) is 71.5 Å². The molecule has 1 N–H and O–H groups in total. The third-order valence-electron chi connectivity index (χ3n) is 4.54. The van der Waals surface area contributed by atoms with Crippen molar-refractivity contribution in [1.82, 2.24) is 19.8 Å². The van der Waals surface area contributed by atoms with E-state index in [2.05, 4.69) is 40.8 Å². The Morgan fingerprint density at radius 3 is 2.36 bits per heavy atom. The number of rotatable bonds is 4. The molecular weight excluding hydrogens is 314 g/mol. The average molecular weight is 334 g/mol. The topological polar surface area (TPSA) is 57.1 Å². The zero-order valence-corrected chi connectivity index (χ0v) is 13.9. The number of benzene rings is 2. The summed E-state index contributed by atoms with van der Waals surface area (Å²) in [6, 6.07) is 19.8. The lowest BCUT2D eigenvalue weighted by Gasteiger charge is -2.22. The van der Waals surface area contributed by atoms with E-state index in [1.165, 1.54) is 25.4 Å². The molecule has 6 heteroatoms. The van der Waals surface area contributed by atoms with E-state index in [1.807, 2.05) is 36.4 Å². The van der Waals surface area contributed by atoms with Crippen LogP contribution in [0.25, 0.3) is 11.3 Å². The molecule has 0 aliphatic carbocycles. The van der Waals surface area contributed by atoms with Crippen LogP contribution in [0.1, 0.15) is 12.0 Å². The Hall–Kier alpha value is -2.99. The van der Waals surface area contributed by atoms with Gasteiger partial charge in [-0.3, -0.25) is 0 Å². The highest BCUT2D eigenvalue weighted by Gasteiger charge is 2.18. The number of hydrogen-bond acceptors (Lipinski definition) is 3. The highest BCUT2D eigenvalue weighted by Crippen LogP contribution is 2.17. The maximum absolute atomic E-state index is 12.5. The van der Waals surface area contributed by atoms with Gasteiger partial charge >= 0.3 is 5.69 Å². The first-order chi connectivity index (χ1) is 12.3. The first-order valence-electron chi connectivity index (χ1n) is 8.47.